The molecule has 0 bridgehead atoms. The number of esters is 1. The molecule has 0 aliphatic heterocycles. The van der Waals surface area contributed by atoms with Gasteiger partial charge in [-0.05, 0) is 52.5 Å². The van der Waals surface area contributed by atoms with Gasteiger partial charge in [-0.3, -0.25) is 9.59 Å². The van der Waals surface area contributed by atoms with E-state index in [1.807, 2.05) is 20.8 Å². The van der Waals surface area contributed by atoms with Gasteiger partial charge in [0, 0.05) is 25.3 Å². The third-order valence-corrected chi connectivity index (χ3v) is 6.29. The number of ether oxygens (including phenoxy) is 3. The van der Waals surface area contributed by atoms with Crippen LogP contribution in [0.5, 0.6) is 5.88 Å². The van der Waals surface area contributed by atoms with Crippen molar-refractivity contribution >= 4 is 29.3 Å². The lowest BCUT2D eigenvalue weighted by Gasteiger charge is -2.39. The molecule has 4 rings (SSSR count). The molecular formula is C27H30F3N5O6. The van der Waals surface area contributed by atoms with E-state index < -0.39 is 52.0 Å². The summed E-state index contributed by atoms with van der Waals surface area (Å²) < 4.78 is 62.4. The minimum atomic E-state index is -1.36. The quantitative estimate of drug-likeness (QED) is 0.259. The summed E-state index contributed by atoms with van der Waals surface area (Å²) in [6.45, 7) is 5.75. The summed E-state index contributed by atoms with van der Waals surface area (Å²) in [4.78, 5) is 29.6. The summed E-state index contributed by atoms with van der Waals surface area (Å²) in [5, 5.41) is 11.9. The van der Waals surface area contributed by atoms with Crippen molar-refractivity contribution in [1.82, 2.24) is 15.2 Å². The van der Waals surface area contributed by atoms with Crippen molar-refractivity contribution in [3.05, 3.63) is 53.8 Å². The van der Waals surface area contributed by atoms with E-state index in [0.29, 0.717) is 49.4 Å². The highest BCUT2D eigenvalue weighted by Crippen LogP contribution is 2.40. The van der Waals surface area contributed by atoms with Gasteiger partial charge < -0.3 is 29.3 Å². The molecule has 0 saturated heterocycles. The molecule has 1 amide bonds. The Morgan fingerprint density at radius 2 is 1.78 bits per heavy atom. The number of nitrogens with one attached hydrogen (secondary N) is 2. The van der Waals surface area contributed by atoms with Crippen molar-refractivity contribution in [3.8, 4) is 5.88 Å². The summed E-state index contributed by atoms with van der Waals surface area (Å²) in [6.07, 6.45) is 3.49. The van der Waals surface area contributed by atoms with Crippen molar-refractivity contribution < 1.29 is 41.4 Å². The van der Waals surface area contributed by atoms with Gasteiger partial charge in [0.2, 0.25) is 5.88 Å². The Bertz CT molecular complexity index is 1390. The SMILES string of the molecule is COCC1(C(=O)OC(C)(C)C)CCC(Oc2ccc(NC(=O)c3nnc(Nc4cc(F)c(F)cc4F)o3)cn2)CC1. The Kier molecular flexibility index (Phi) is 8.80. The number of carbonyl (C=O) groups excluding carboxylic acids is 2. The highest BCUT2D eigenvalue weighted by atomic mass is 19.2. The molecule has 1 saturated carbocycles. The number of hydrogen-bond donors (Lipinski definition) is 2. The van der Waals surface area contributed by atoms with Gasteiger partial charge in [0.1, 0.15) is 17.5 Å². The normalized spacial score (nSPS) is 19.0. The lowest BCUT2D eigenvalue weighted by atomic mass is 9.73. The second kappa shape index (κ2) is 12.1. The van der Waals surface area contributed by atoms with Gasteiger partial charge in [-0.15, -0.1) is 5.10 Å². The number of anilines is 3. The van der Waals surface area contributed by atoms with Gasteiger partial charge in [-0.25, -0.2) is 18.2 Å². The van der Waals surface area contributed by atoms with Crippen LogP contribution in [0.2, 0.25) is 0 Å². The van der Waals surface area contributed by atoms with Crippen molar-refractivity contribution in [3.63, 3.8) is 0 Å². The predicted molar refractivity (Wildman–Crippen MR) is 139 cm³/mol. The van der Waals surface area contributed by atoms with Gasteiger partial charge in [-0.1, -0.05) is 5.10 Å². The van der Waals surface area contributed by atoms with E-state index in [0.717, 1.165) is 0 Å². The fourth-order valence-corrected chi connectivity index (χ4v) is 4.31. The number of aromatic nitrogens is 3. The smallest absolute Gasteiger partial charge is 0.320 e. The molecule has 0 radical (unpaired) electrons. The van der Waals surface area contributed by atoms with Crippen LogP contribution >= 0.6 is 0 Å². The molecule has 1 fully saturated rings. The van der Waals surface area contributed by atoms with Crippen molar-refractivity contribution in [1.29, 1.82) is 0 Å². The Hall–Kier alpha value is -4.20. The van der Waals surface area contributed by atoms with Crippen LogP contribution in [0.15, 0.2) is 34.9 Å². The summed E-state index contributed by atoms with van der Waals surface area (Å²) in [5.74, 6) is -4.92. The highest BCUT2D eigenvalue weighted by molar-refractivity contribution is 6.00. The minimum absolute atomic E-state index is 0.168. The van der Waals surface area contributed by atoms with E-state index in [9.17, 15) is 22.8 Å². The van der Waals surface area contributed by atoms with E-state index >= 15 is 0 Å². The molecule has 41 heavy (non-hydrogen) atoms. The van der Waals surface area contributed by atoms with Crippen LogP contribution in [0.1, 0.15) is 57.1 Å². The van der Waals surface area contributed by atoms with Crippen LogP contribution in [0.4, 0.5) is 30.6 Å². The van der Waals surface area contributed by atoms with Crippen LogP contribution in [-0.4, -0.2) is 52.5 Å². The first-order chi connectivity index (χ1) is 19.4. The molecule has 3 aromatic rings. The number of hydrogen-bond acceptors (Lipinski definition) is 10. The third-order valence-electron chi connectivity index (χ3n) is 6.29. The van der Waals surface area contributed by atoms with Crippen LogP contribution in [0.25, 0.3) is 0 Å². The summed E-state index contributed by atoms with van der Waals surface area (Å²) in [6, 6.07) is 3.66. The monoisotopic (exact) mass is 577 g/mol. The van der Waals surface area contributed by atoms with Gasteiger partial charge >= 0.3 is 23.8 Å². The second-order valence-electron chi connectivity index (χ2n) is 10.7. The Morgan fingerprint density at radius 3 is 2.41 bits per heavy atom. The first kappa shape index (κ1) is 29.8. The first-order valence-electron chi connectivity index (χ1n) is 12.8. The zero-order chi connectivity index (χ0) is 29.8. The van der Waals surface area contributed by atoms with Crippen molar-refractivity contribution in [2.45, 2.75) is 58.2 Å². The standard InChI is InChI=1S/C27H30F3N5O6/c1-26(2,3)41-24(37)27(14-38-4)9-7-16(8-10-27)39-21-6-5-15(13-31-21)32-22(36)23-34-35-25(40-23)33-20-12-18(29)17(28)11-19(20)30/h5-6,11-13,16H,7-10,14H2,1-4H3,(H,32,36)(H,33,35). The number of pyridine rings is 1. The average molecular weight is 578 g/mol. The molecule has 2 N–H and O–H groups in total. The zero-order valence-corrected chi connectivity index (χ0v) is 22.9. The summed E-state index contributed by atoms with van der Waals surface area (Å²) in [5.41, 5.74) is -1.48. The van der Waals surface area contributed by atoms with Crippen LogP contribution in [0, 0.1) is 22.9 Å². The van der Waals surface area contributed by atoms with Gasteiger partial charge in [0.05, 0.1) is 29.6 Å². The fourth-order valence-electron chi connectivity index (χ4n) is 4.31. The Balaban J connectivity index is 1.30. The Morgan fingerprint density at radius 1 is 1.07 bits per heavy atom. The third kappa shape index (κ3) is 7.51. The van der Waals surface area contributed by atoms with Gasteiger partial charge in [0.15, 0.2) is 11.6 Å². The molecule has 1 aromatic carbocycles. The molecule has 220 valence electrons. The Labute approximate surface area is 233 Å². The average Bonchev–Trinajstić information content (AvgIpc) is 3.37. The maximum Gasteiger partial charge on any atom is 0.320 e. The number of nitrogens with zero attached hydrogens (tertiary/aromatic N) is 3. The first-order valence-corrected chi connectivity index (χ1v) is 12.8. The van der Waals surface area contributed by atoms with Crippen molar-refractivity contribution in [2.24, 2.45) is 5.41 Å². The molecule has 2 aromatic heterocycles. The second-order valence-corrected chi connectivity index (χ2v) is 10.7. The summed E-state index contributed by atoms with van der Waals surface area (Å²) >= 11 is 0. The van der Waals surface area contributed by atoms with E-state index in [4.69, 9.17) is 18.6 Å². The molecule has 14 heteroatoms. The molecule has 0 atom stereocenters. The van der Waals surface area contributed by atoms with E-state index in [2.05, 4.69) is 25.8 Å². The van der Waals surface area contributed by atoms with Crippen LogP contribution in [0.3, 0.4) is 0 Å². The number of rotatable bonds is 9. The van der Waals surface area contributed by atoms with Gasteiger partial charge in [-0.2, -0.15) is 0 Å². The summed E-state index contributed by atoms with van der Waals surface area (Å²) in [7, 11) is 1.56. The number of methoxy groups -OCH3 is 1. The fraction of sp³-hybridized carbons (Fsp3) is 0.444. The molecule has 0 spiro atoms. The highest BCUT2D eigenvalue weighted by Gasteiger charge is 2.45. The minimum Gasteiger partial charge on any atom is -0.474 e. The number of amides is 1. The maximum atomic E-state index is 13.8. The number of carbonyl (C=O) groups is 2. The lowest BCUT2D eigenvalue weighted by molar-refractivity contribution is -0.175. The van der Waals surface area contributed by atoms with Crippen molar-refractivity contribution in [2.75, 3.05) is 24.4 Å². The molecular weight excluding hydrogens is 547 g/mol. The molecule has 1 aliphatic carbocycles. The van der Waals surface area contributed by atoms with E-state index in [1.165, 1.54) is 6.20 Å². The zero-order valence-electron chi connectivity index (χ0n) is 22.9. The molecule has 1 aliphatic rings. The van der Waals surface area contributed by atoms with Gasteiger partial charge in [0.25, 0.3) is 0 Å². The number of benzene rings is 1. The van der Waals surface area contributed by atoms with E-state index in [-0.39, 0.29) is 18.7 Å². The molecule has 2 heterocycles. The maximum absolute atomic E-state index is 13.8. The van der Waals surface area contributed by atoms with Crippen LogP contribution in [-0.2, 0) is 14.3 Å². The topological polar surface area (TPSA) is 138 Å². The molecule has 0 unspecified atom stereocenters. The van der Waals surface area contributed by atoms with E-state index in [1.54, 1.807) is 19.2 Å². The lowest BCUT2D eigenvalue weighted by Crippen LogP contribution is -2.45. The molecule has 11 nitrogen and oxygen atoms in total. The number of halogens is 3. The predicted octanol–water partition coefficient (Wildman–Crippen LogP) is 5.17. The van der Waals surface area contributed by atoms with Crippen LogP contribution < -0.4 is 15.4 Å². The largest absolute Gasteiger partial charge is 0.474 e.